The molecule has 1 atom stereocenters. The molecule has 110 valence electrons. The van der Waals surface area contributed by atoms with Crippen molar-refractivity contribution in [2.24, 2.45) is 0 Å². The molecule has 2 heterocycles. The topological polar surface area (TPSA) is 15.7 Å². The number of hydrogen-bond donors (Lipinski definition) is 0. The molecule has 1 aromatic rings. The SMILES string of the molecule is c1ccc([C@@H]2CCN(CCN3CCCOCC3)C2)cc1. The molecule has 2 aliphatic heterocycles. The molecule has 20 heavy (non-hydrogen) atoms. The number of rotatable bonds is 4. The van der Waals surface area contributed by atoms with E-state index in [1.165, 1.54) is 51.1 Å². The van der Waals surface area contributed by atoms with Gasteiger partial charge >= 0.3 is 0 Å². The molecule has 3 nitrogen and oxygen atoms in total. The van der Waals surface area contributed by atoms with Crippen LogP contribution >= 0.6 is 0 Å². The molecule has 2 aliphatic rings. The maximum absolute atomic E-state index is 5.52. The van der Waals surface area contributed by atoms with E-state index in [1.54, 1.807) is 0 Å². The normalized spacial score (nSPS) is 25.7. The predicted molar refractivity (Wildman–Crippen MR) is 82.1 cm³/mol. The molecule has 0 bridgehead atoms. The van der Waals surface area contributed by atoms with Crippen molar-refractivity contribution < 1.29 is 4.74 Å². The van der Waals surface area contributed by atoms with Gasteiger partial charge in [-0.25, -0.2) is 0 Å². The predicted octanol–water partition coefficient (Wildman–Crippen LogP) is 2.20. The first-order valence-electron chi connectivity index (χ1n) is 7.99. The summed E-state index contributed by atoms with van der Waals surface area (Å²) >= 11 is 0. The molecule has 3 rings (SSSR count). The summed E-state index contributed by atoms with van der Waals surface area (Å²) in [5.41, 5.74) is 1.51. The minimum atomic E-state index is 0.740. The van der Waals surface area contributed by atoms with Crippen molar-refractivity contribution in [2.45, 2.75) is 18.8 Å². The summed E-state index contributed by atoms with van der Waals surface area (Å²) in [6, 6.07) is 11.0. The van der Waals surface area contributed by atoms with Crippen LogP contribution in [0.15, 0.2) is 30.3 Å². The van der Waals surface area contributed by atoms with E-state index in [0.717, 1.165) is 25.7 Å². The van der Waals surface area contributed by atoms with Crippen LogP contribution in [0.5, 0.6) is 0 Å². The molecule has 0 spiro atoms. The van der Waals surface area contributed by atoms with Gasteiger partial charge in [0, 0.05) is 39.3 Å². The van der Waals surface area contributed by atoms with Crippen LogP contribution in [0.25, 0.3) is 0 Å². The van der Waals surface area contributed by atoms with E-state index in [-0.39, 0.29) is 0 Å². The quantitative estimate of drug-likeness (QED) is 0.837. The van der Waals surface area contributed by atoms with Crippen molar-refractivity contribution in [3.05, 3.63) is 35.9 Å². The second-order valence-corrected chi connectivity index (χ2v) is 6.00. The summed E-state index contributed by atoms with van der Waals surface area (Å²) in [5.74, 6) is 0.740. The Morgan fingerprint density at radius 3 is 2.70 bits per heavy atom. The van der Waals surface area contributed by atoms with Crippen molar-refractivity contribution >= 4 is 0 Å². The van der Waals surface area contributed by atoms with E-state index in [9.17, 15) is 0 Å². The van der Waals surface area contributed by atoms with E-state index in [0.29, 0.717) is 0 Å². The van der Waals surface area contributed by atoms with Crippen LogP contribution in [0.1, 0.15) is 24.3 Å². The van der Waals surface area contributed by atoms with E-state index in [2.05, 4.69) is 40.1 Å². The minimum Gasteiger partial charge on any atom is -0.380 e. The average molecular weight is 274 g/mol. The molecule has 0 saturated carbocycles. The van der Waals surface area contributed by atoms with Crippen LogP contribution in [0.2, 0.25) is 0 Å². The van der Waals surface area contributed by atoms with Gasteiger partial charge in [-0.05, 0) is 30.9 Å². The first-order chi connectivity index (χ1) is 9.92. The van der Waals surface area contributed by atoms with Crippen LogP contribution in [0.4, 0.5) is 0 Å². The summed E-state index contributed by atoms with van der Waals surface area (Å²) in [6.45, 7) is 9.06. The van der Waals surface area contributed by atoms with Crippen LogP contribution in [0.3, 0.4) is 0 Å². The highest BCUT2D eigenvalue weighted by Gasteiger charge is 2.23. The fraction of sp³-hybridized carbons (Fsp3) is 0.647. The summed E-state index contributed by atoms with van der Waals surface area (Å²) in [4.78, 5) is 5.19. The molecular weight excluding hydrogens is 248 g/mol. The molecule has 0 aliphatic carbocycles. The largest absolute Gasteiger partial charge is 0.380 e. The standard InChI is InChI=1S/C17H26N2O/c1-2-5-16(6-3-1)17-7-9-19(15-17)11-10-18-8-4-13-20-14-12-18/h1-3,5-6,17H,4,7-15H2/t17-/m1/s1. The van der Waals surface area contributed by atoms with Gasteiger partial charge in [-0.1, -0.05) is 30.3 Å². The molecular formula is C17H26N2O. The summed E-state index contributed by atoms with van der Waals surface area (Å²) in [7, 11) is 0. The Hall–Kier alpha value is -0.900. The highest BCUT2D eigenvalue weighted by Crippen LogP contribution is 2.26. The highest BCUT2D eigenvalue weighted by molar-refractivity contribution is 5.20. The number of hydrogen-bond acceptors (Lipinski definition) is 3. The fourth-order valence-electron chi connectivity index (χ4n) is 3.34. The van der Waals surface area contributed by atoms with Gasteiger partial charge in [0.25, 0.3) is 0 Å². The van der Waals surface area contributed by atoms with E-state index in [4.69, 9.17) is 4.74 Å². The minimum absolute atomic E-state index is 0.740. The van der Waals surface area contributed by atoms with Crippen LogP contribution < -0.4 is 0 Å². The second kappa shape index (κ2) is 7.21. The lowest BCUT2D eigenvalue weighted by Gasteiger charge is -2.23. The van der Waals surface area contributed by atoms with Crippen LogP contribution in [-0.4, -0.2) is 62.3 Å². The molecule has 2 fully saturated rings. The monoisotopic (exact) mass is 274 g/mol. The maximum Gasteiger partial charge on any atom is 0.0593 e. The third-order valence-corrected chi connectivity index (χ3v) is 4.59. The molecule has 0 radical (unpaired) electrons. The van der Waals surface area contributed by atoms with Crippen LogP contribution in [-0.2, 0) is 4.74 Å². The zero-order valence-corrected chi connectivity index (χ0v) is 12.3. The lowest BCUT2D eigenvalue weighted by Crippen LogP contribution is -2.35. The molecule has 0 amide bonds. The Morgan fingerprint density at radius 1 is 0.950 bits per heavy atom. The van der Waals surface area contributed by atoms with E-state index < -0.39 is 0 Å². The van der Waals surface area contributed by atoms with Crippen molar-refractivity contribution in [3.8, 4) is 0 Å². The van der Waals surface area contributed by atoms with Gasteiger partial charge in [-0.15, -0.1) is 0 Å². The first kappa shape index (κ1) is 14.1. The van der Waals surface area contributed by atoms with Crippen molar-refractivity contribution in [1.29, 1.82) is 0 Å². The average Bonchev–Trinajstić information content (AvgIpc) is 2.82. The third-order valence-electron chi connectivity index (χ3n) is 4.59. The zero-order valence-electron chi connectivity index (χ0n) is 12.3. The molecule has 0 aromatic heterocycles. The van der Waals surface area contributed by atoms with E-state index >= 15 is 0 Å². The Labute approximate surface area is 122 Å². The third kappa shape index (κ3) is 3.81. The summed E-state index contributed by atoms with van der Waals surface area (Å²) in [6.07, 6.45) is 2.50. The highest BCUT2D eigenvalue weighted by atomic mass is 16.5. The van der Waals surface area contributed by atoms with E-state index in [1.807, 2.05) is 0 Å². The number of likely N-dealkylation sites (tertiary alicyclic amines) is 1. The van der Waals surface area contributed by atoms with Gasteiger partial charge in [0.1, 0.15) is 0 Å². The fourth-order valence-corrected chi connectivity index (χ4v) is 3.34. The van der Waals surface area contributed by atoms with Gasteiger partial charge in [0.2, 0.25) is 0 Å². The number of benzene rings is 1. The molecule has 0 N–H and O–H groups in total. The Balaban J connectivity index is 1.43. The van der Waals surface area contributed by atoms with Gasteiger partial charge in [0.05, 0.1) is 6.61 Å². The summed E-state index contributed by atoms with van der Waals surface area (Å²) < 4.78 is 5.52. The zero-order chi connectivity index (χ0) is 13.6. The Bertz CT molecular complexity index is 387. The van der Waals surface area contributed by atoms with Crippen molar-refractivity contribution in [3.63, 3.8) is 0 Å². The first-order valence-corrected chi connectivity index (χ1v) is 7.99. The Kier molecular flexibility index (Phi) is 5.06. The number of nitrogens with zero attached hydrogens (tertiary/aromatic N) is 2. The number of ether oxygens (including phenoxy) is 1. The lowest BCUT2D eigenvalue weighted by molar-refractivity contribution is 0.139. The van der Waals surface area contributed by atoms with Gasteiger partial charge in [-0.2, -0.15) is 0 Å². The molecule has 0 unspecified atom stereocenters. The summed E-state index contributed by atoms with van der Waals surface area (Å²) in [5, 5.41) is 0. The van der Waals surface area contributed by atoms with Crippen molar-refractivity contribution in [2.75, 3.05) is 52.5 Å². The van der Waals surface area contributed by atoms with Gasteiger partial charge in [-0.3, -0.25) is 4.90 Å². The maximum atomic E-state index is 5.52. The van der Waals surface area contributed by atoms with Gasteiger partial charge in [0.15, 0.2) is 0 Å². The Morgan fingerprint density at radius 2 is 1.80 bits per heavy atom. The molecule has 3 heteroatoms. The molecule has 1 aromatic carbocycles. The molecule has 2 saturated heterocycles. The smallest absolute Gasteiger partial charge is 0.0593 e. The lowest BCUT2D eigenvalue weighted by atomic mass is 9.99. The van der Waals surface area contributed by atoms with Crippen LogP contribution in [0, 0.1) is 0 Å². The van der Waals surface area contributed by atoms with Gasteiger partial charge < -0.3 is 9.64 Å². The van der Waals surface area contributed by atoms with Crippen molar-refractivity contribution in [1.82, 2.24) is 9.80 Å². The second-order valence-electron chi connectivity index (χ2n) is 6.00.